The lowest BCUT2D eigenvalue weighted by atomic mass is 10.0. The summed E-state index contributed by atoms with van der Waals surface area (Å²) in [6.07, 6.45) is 3.07. The quantitative estimate of drug-likeness (QED) is 0.152. The molecule has 0 spiro atoms. The number of benzene rings is 3. The van der Waals surface area contributed by atoms with Crippen molar-refractivity contribution in [2.45, 2.75) is 13.5 Å². The summed E-state index contributed by atoms with van der Waals surface area (Å²) in [5.41, 5.74) is 3.70. The normalized spacial score (nSPS) is 10.8. The highest BCUT2D eigenvalue weighted by Crippen LogP contribution is 2.38. The summed E-state index contributed by atoms with van der Waals surface area (Å²) >= 11 is 4.83. The number of ether oxygens (including phenoxy) is 3. The molecule has 38 heavy (non-hydrogen) atoms. The highest BCUT2D eigenvalue weighted by Gasteiger charge is 2.22. The molecule has 194 valence electrons. The molecule has 1 amide bonds. The largest absolute Gasteiger partial charge is 0.493 e. The molecule has 0 fully saturated rings. The summed E-state index contributed by atoms with van der Waals surface area (Å²) in [5.74, 6) is 0.248. The molecule has 0 unspecified atom stereocenters. The number of carbonyl (C=O) groups excluding carboxylic acids is 2. The van der Waals surface area contributed by atoms with Crippen molar-refractivity contribution in [2.75, 3.05) is 19.0 Å². The van der Waals surface area contributed by atoms with Crippen LogP contribution in [-0.4, -0.2) is 25.6 Å². The van der Waals surface area contributed by atoms with Crippen molar-refractivity contribution in [2.24, 2.45) is 0 Å². The Bertz CT molecular complexity index is 1430. The number of nitrogens with one attached hydrogen (secondary N) is 1. The van der Waals surface area contributed by atoms with Gasteiger partial charge in [-0.1, -0.05) is 60.7 Å². The van der Waals surface area contributed by atoms with E-state index in [-0.39, 0.29) is 12.5 Å². The lowest BCUT2D eigenvalue weighted by Crippen LogP contribution is -2.12. The van der Waals surface area contributed by atoms with Gasteiger partial charge in [0.15, 0.2) is 11.5 Å². The van der Waals surface area contributed by atoms with Gasteiger partial charge in [0, 0.05) is 17.0 Å². The second-order valence-electron chi connectivity index (χ2n) is 8.07. The van der Waals surface area contributed by atoms with Gasteiger partial charge in [-0.25, -0.2) is 4.79 Å². The number of rotatable bonds is 10. The zero-order valence-corrected chi connectivity index (χ0v) is 23.3. The van der Waals surface area contributed by atoms with E-state index in [1.165, 1.54) is 17.4 Å². The van der Waals surface area contributed by atoms with Crippen LogP contribution in [0.2, 0.25) is 0 Å². The first kappa shape index (κ1) is 27.2. The average Bonchev–Trinajstić information content (AvgIpc) is 3.35. The Morgan fingerprint density at radius 2 is 1.74 bits per heavy atom. The molecular weight excluding hydrogens is 566 g/mol. The van der Waals surface area contributed by atoms with Gasteiger partial charge in [-0.3, -0.25) is 4.79 Å². The molecule has 4 aromatic rings. The molecule has 4 rings (SSSR count). The number of methoxy groups -OCH3 is 1. The van der Waals surface area contributed by atoms with E-state index in [2.05, 4.69) is 21.2 Å². The first-order valence-electron chi connectivity index (χ1n) is 11.9. The van der Waals surface area contributed by atoms with Crippen LogP contribution in [-0.2, 0) is 16.1 Å². The Labute approximate surface area is 234 Å². The van der Waals surface area contributed by atoms with Crippen molar-refractivity contribution < 1.29 is 23.8 Å². The number of carbonyl (C=O) groups is 2. The molecule has 1 N–H and O–H groups in total. The average molecular weight is 593 g/mol. The summed E-state index contributed by atoms with van der Waals surface area (Å²) in [5, 5.41) is 5.10. The summed E-state index contributed by atoms with van der Waals surface area (Å²) in [6.45, 7) is 2.37. The molecule has 1 aromatic heterocycles. The maximum absolute atomic E-state index is 12.8. The fourth-order valence-corrected chi connectivity index (χ4v) is 5.25. The standard InChI is InChI=1S/C30H26BrNO5S/c1-3-36-30(34)27-23(22-12-8-5-9-13-22)19-38-29(27)32-26(33)15-14-21-16-24(31)28(25(17-21)35-2)37-18-20-10-6-4-7-11-20/h4-17,19H,3,18H2,1-2H3,(H,32,33)/b15-14+. The van der Waals surface area contributed by atoms with Crippen LogP contribution in [0.15, 0.2) is 88.7 Å². The zero-order valence-electron chi connectivity index (χ0n) is 20.9. The number of amides is 1. The van der Waals surface area contributed by atoms with Gasteiger partial charge >= 0.3 is 5.97 Å². The topological polar surface area (TPSA) is 73.9 Å². The highest BCUT2D eigenvalue weighted by atomic mass is 79.9. The van der Waals surface area contributed by atoms with E-state index < -0.39 is 5.97 Å². The Balaban J connectivity index is 1.51. The van der Waals surface area contributed by atoms with Crippen LogP contribution < -0.4 is 14.8 Å². The monoisotopic (exact) mass is 591 g/mol. The van der Waals surface area contributed by atoms with Gasteiger partial charge < -0.3 is 19.5 Å². The van der Waals surface area contributed by atoms with Crippen LogP contribution in [0.1, 0.15) is 28.4 Å². The second kappa shape index (κ2) is 13.1. The maximum atomic E-state index is 12.8. The fraction of sp³-hybridized carbons (Fsp3) is 0.133. The zero-order chi connectivity index (χ0) is 26.9. The molecule has 0 radical (unpaired) electrons. The first-order chi connectivity index (χ1) is 18.5. The Hall–Kier alpha value is -3.88. The van der Waals surface area contributed by atoms with Crippen molar-refractivity contribution in [3.8, 4) is 22.6 Å². The van der Waals surface area contributed by atoms with E-state index in [0.717, 1.165) is 16.7 Å². The van der Waals surface area contributed by atoms with Crippen LogP contribution in [0.4, 0.5) is 5.00 Å². The number of halogens is 1. The van der Waals surface area contributed by atoms with Gasteiger partial charge in [0.2, 0.25) is 5.91 Å². The maximum Gasteiger partial charge on any atom is 0.341 e. The van der Waals surface area contributed by atoms with Crippen molar-refractivity contribution in [3.05, 3.63) is 105 Å². The Morgan fingerprint density at radius 3 is 2.42 bits per heavy atom. The number of thiophene rings is 1. The Kier molecular flexibility index (Phi) is 9.35. The first-order valence-corrected chi connectivity index (χ1v) is 13.5. The smallest absolute Gasteiger partial charge is 0.341 e. The summed E-state index contributed by atoms with van der Waals surface area (Å²) in [4.78, 5) is 25.6. The predicted octanol–water partition coefficient (Wildman–Crippen LogP) is 7.59. The van der Waals surface area contributed by atoms with Gasteiger partial charge in [-0.2, -0.15) is 0 Å². The van der Waals surface area contributed by atoms with Crippen LogP contribution >= 0.6 is 27.3 Å². The van der Waals surface area contributed by atoms with Gasteiger partial charge in [0.05, 0.1) is 18.2 Å². The third-order valence-corrected chi connectivity index (χ3v) is 6.98. The van der Waals surface area contributed by atoms with Gasteiger partial charge in [-0.15, -0.1) is 11.3 Å². The third kappa shape index (κ3) is 6.70. The molecule has 0 saturated heterocycles. The lowest BCUT2D eigenvalue weighted by molar-refractivity contribution is -0.111. The number of esters is 1. The van der Waals surface area contributed by atoms with E-state index in [1.807, 2.05) is 72.1 Å². The molecule has 0 aliphatic rings. The van der Waals surface area contributed by atoms with E-state index in [1.54, 1.807) is 26.2 Å². The molecule has 0 bridgehead atoms. The molecule has 0 aliphatic heterocycles. The van der Waals surface area contributed by atoms with Crippen molar-refractivity contribution in [1.29, 1.82) is 0 Å². The molecule has 0 atom stereocenters. The van der Waals surface area contributed by atoms with Crippen LogP contribution in [0.25, 0.3) is 17.2 Å². The van der Waals surface area contributed by atoms with Gasteiger partial charge in [-0.05, 0) is 57.8 Å². The van der Waals surface area contributed by atoms with E-state index in [4.69, 9.17) is 14.2 Å². The molecule has 0 saturated carbocycles. The highest BCUT2D eigenvalue weighted by molar-refractivity contribution is 9.10. The van der Waals surface area contributed by atoms with Crippen molar-refractivity contribution >= 4 is 50.2 Å². The minimum Gasteiger partial charge on any atom is -0.493 e. The SMILES string of the molecule is CCOC(=O)c1c(-c2ccccc2)csc1NC(=O)/C=C/c1cc(Br)c(OCc2ccccc2)c(OC)c1. The van der Waals surface area contributed by atoms with Gasteiger partial charge in [0.25, 0.3) is 0 Å². The minimum atomic E-state index is -0.480. The molecule has 3 aromatic carbocycles. The molecule has 6 nitrogen and oxygen atoms in total. The third-order valence-electron chi connectivity index (χ3n) is 5.50. The molecule has 8 heteroatoms. The van der Waals surface area contributed by atoms with Crippen LogP contribution in [0.3, 0.4) is 0 Å². The van der Waals surface area contributed by atoms with Crippen LogP contribution in [0, 0.1) is 0 Å². The lowest BCUT2D eigenvalue weighted by Gasteiger charge is -2.13. The summed E-state index contributed by atoms with van der Waals surface area (Å²) in [7, 11) is 1.56. The van der Waals surface area contributed by atoms with E-state index >= 15 is 0 Å². The Morgan fingerprint density at radius 1 is 1.03 bits per heavy atom. The van der Waals surface area contributed by atoms with Crippen LogP contribution in [0.5, 0.6) is 11.5 Å². The number of hydrogen-bond donors (Lipinski definition) is 1. The van der Waals surface area contributed by atoms with Gasteiger partial charge in [0.1, 0.15) is 17.2 Å². The molecule has 1 heterocycles. The predicted molar refractivity (Wildman–Crippen MR) is 155 cm³/mol. The second-order valence-corrected chi connectivity index (χ2v) is 9.80. The molecular formula is C30H26BrNO5S. The van der Waals surface area contributed by atoms with E-state index in [9.17, 15) is 9.59 Å². The van der Waals surface area contributed by atoms with Crippen molar-refractivity contribution in [3.63, 3.8) is 0 Å². The fourth-order valence-electron chi connectivity index (χ4n) is 3.72. The molecule has 0 aliphatic carbocycles. The minimum absolute atomic E-state index is 0.234. The van der Waals surface area contributed by atoms with E-state index in [0.29, 0.717) is 38.7 Å². The summed E-state index contributed by atoms with van der Waals surface area (Å²) < 4.78 is 17.5. The van der Waals surface area contributed by atoms with Crippen molar-refractivity contribution in [1.82, 2.24) is 0 Å². The number of anilines is 1. The number of hydrogen-bond acceptors (Lipinski definition) is 6. The summed E-state index contributed by atoms with van der Waals surface area (Å²) in [6, 6.07) is 23.0.